The number of hydrogen-bond donors (Lipinski definition) is 1. The maximum absolute atomic E-state index is 11.9. The van der Waals surface area contributed by atoms with Gasteiger partial charge in [0.1, 0.15) is 0 Å². The Hall–Kier alpha value is -0.110. The van der Waals surface area contributed by atoms with E-state index >= 15 is 0 Å². The van der Waals surface area contributed by atoms with Crippen LogP contribution >= 0.6 is 0 Å². The summed E-state index contributed by atoms with van der Waals surface area (Å²) >= 11 is 0. The van der Waals surface area contributed by atoms with Crippen molar-refractivity contribution in [1.82, 2.24) is 0 Å². The van der Waals surface area contributed by atoms with Gasteiger partial charge in [-0.25, -0.2) is 0 Å². The first-order chi connectivity index (χ1) is 9.91. The van der Waals surface area contributed by atoms with Crippen molar-refractivity contribution in [3.05, 3.63) is 0 Å². The van der Waals surface area contributed by atoms with Crippen LogP contribution in [-0.4, -0.2) is 13.2 Å². The van der Waals surface area contributed by atoms with Crippen LogP contribution in [0.15, 0.2) is 0 Å². The number of halogens is 1. The molecule has 0 rings (SSSR count). The Morgan fingerprint density at radius 1 is 0.400 bits per heavy atom. The predicted molar refractivity (Wildman–Crippen MR) is 88.9 cm³/mol. The van der Waals surface area contributed by atoms with E-state index in [1.807, 2.05) is 0 Å². The Morgan fingerprint density at radius 3 is 0.900 bits per heavy atom. The van der Waals surface area contributed by atoms with Gasteiger partial charge >= 0.3 is 0 Å². The molecule has 2 heteroatoms. The zero-order valence-electron chi connectivity index (χ0n) is 13.7. The van der Waals surface area contributed by atoms with E-state index < -0.39 is 0 Å². The second-order valence-corrected chi connectivity index (χ2v) is 6.13. The number of rotatable bonds is 17. The molecule has 122 valence electrons. The molecular formula is C18H38FN. The minimum Gasteiger partial charge on any atom is -0.330 e. The highest BCUT2D eigenvalue weighted by Gasteiger charge is 1.94. The van der Waals surface area contributed by atoms with Crippen LogP contribution < -0.4 is 5.73 Å². The van der Waals surface area contributed by atoms with E-state index in [1.165, 1.54) is 89.9 Å². The molecule has 0 radical (unpaired) electrons. The molecule has 1 nitrogen and oxygen atoms in total. The third kappa shape index (κ3) is 17.9. The molecule has 0 bridgehead atoms. The number of unbranched alkanes of at least 4 members (excludes halogenated alkanes) is 15. The zero-order chi connectivity index (χ0) is 14.7. The smallest absolute Gasteiger partial charge is 0.0894 e. The van der Waals surface area contributed by atoms with Crippen LogP contribution in [0.3, 0.4) is 0 Å². The maximum atomic E-state index is 11.9. The average Bonchev–Trinajstić information content (AvgIpc) is 2.47. The summed E-state index contributed by atoms with van der Waals surface area (Å²) in [7, 11) is 0. The van der Waals surface area contributed by atoms with E-state index in [4.69, 9.17) is 5.73 Å². The number of nitrogens with two attached hydrogens (primary N) is 1. The fourth-order valence-electron chi connectivity index (χ4n) is 2.71. The normalized spacial score (nSPS) is 11.1. The van der Waals surface area contributed by atoms with Crippen molar-refractivity contribution < 1.29 is 4.39 Å². The molecule has 0 unspecified atom stereocenters. The molecule has 0 aromatic heterocycles. The van der Waals surface area contributed by atoms with Crippen molar-refractivity contribution in [3.8, 4) is 0 Å². The molecule has 0 amide bonds. The fraction of sp³-hybridized carbons (Fsp3) is 1.00. The van der Waals surface area contributed by atoms with Crippen molar-refractivity contribution in [2.24, 2.45) is 5.73 Å². The lowest BCUT2D eigenvalue weighted by molar-refractivity contribution is 0.448. The largest absolute Gasteiger partial charge is 0.330 e. The summed E-state index contributed by atoms with van der Waals surface area (Å²) in [5.74, 6) is 0. The molecule has 0 aliphatic rings. The molecule has 0 saturated heterocycles. The lowest BCUT2D eigenvalue weighted by atomic mass is 10.0. The Kier molecular flexibility index (Phi) is 18.8. The van der Waals surface area contributed by atoms with Gasteiger partial charge in [-0.1, -0.05) is 89.9 Å². The molecule has 0 aromatic carbocycles. The van der Waals surface area contributed by atoms with Crippen LogP contribution in [-0.2, 0) is 0 Å². The minimum absolute atomic E-state index is 0.132. The Labute approximate surface area is 126 Å². The van der Waals surface area contributed by atoms with E-state index in [0.29, 0.717) is 0 Å². The van der Waals surface area contributed by atoms with Crippen LogP contribution in [0.2, 0.25) is 0 Å². The van der Waals surface area contributed by atoms with Crippen molar-refractivity contribution >= 4 is 0 Å². The van der Waals surface area contributed by atoms with Gasteiger partial charge in [-0.3, -0.25) is 4.39 Å². The second-order valence-electron chi connectivity index (χ2n) is 6.13. The summed E-state index contributed by atoms with van der Waals surface area (Å²) in [6.07, 6.45) is 20.9. The first-order valence-corrected chi connectivity index (χ1v) is 9.18. The summed E-state index contributed by atoms with van der Waals surface area (Å²) in [6, 6.07) is 0. The Morgan fingerprint density at radius 2 is 0.650 bits per heavy atom. The third-order valence-corrected chi connectivity index (χ3v) is 4.09. The fourth-order valence-corrected chi connectivity index (χ4v) is 2.71. The summed E-state index contributed by atoms with van der Waals surface area (Å²) in [6.45, 7) is 0.725. The van der Waals surface area contributed by atoms with E-state index in [9.17, 15) is 4.39 Å². The maximum Gasteiger partial charge on any atom is 0.0894 e. The van der Waals surface area contributed by atoms with Gasteiger partial charge in [-0.15, -0.1) is 0 Å². The van der Waals surface area contributed by atoms with E-state index in [0.717, 1.165) is 19.4 Å². The first kappa shape index (κ1) is 19.9. The van der Waals surface area contributed by atoms with Crippen LogP contribution in [0, 0.1) is 0 Å². The SMILES string of the molecule is NCCCCCCCCCCCCCCCCCCF. The van der Waals surface area contributed by atoms with Gasteiger partial charge in [0, 0.05) is 0 Å². The molecular weight excluding hydrogens is 249 g/mol. The van der Waals surface area contributed by atoms with Crippen molar-refractivity contribution in [3.63, 3.8) is 0 Å². The van der Waals surface area contributed by atoms with E-state index in [2.05, 4.69) is 0 Å². The number of alkyl halides is 1. The highest BCUT2D eigenvalue weighted by atomic mass is 19.1. The van der Waals surface area contributed by atoms with Crippen LogP contribution in [0.1, 0.15) is 103 Å². The molecule has 2 N–H and O–H groups in total. The molecule has 0 saturated carbocycles. The molecule has 0 fully saturated rings. The number of hydrogen-bond acceptors (Lipinski definition) is 1. The molecule has 0 aliphatic heterocycles. The standard InChI is InChI=1S/C18H38FN/c19-17-15-13-11-9-7-5-3-1-2-4-6-8-10-12-14-16-18-20/h1-18,20H2. The van der Waals surface area contributed by atoms with Crippen molar-refractivity contribution in [1.29, 1.82) is 0 Å². The van der Waals surface area contributed by atoms with Gasteiger partial charge < -0.3 is 5.73 Å². The average molecular weight is 288 g/mol. The quantitative estimate of drug-likeness (QED) is 0.319. The van der Waals surface area contributed by atoms with Crippen LogP contribution in [0.4, 0.5) is 4.39 Å². The third-order valence-electron chi connectivity index (χ3n) is 4.09. The molecule has 0 atom stereocenters. The molecule has 0 aliphatic carbocycles. The monoisotopic (exact) mass is 287 g/mol. The molecule has 20 heavy (non-hydrogen) atoms. The molecule has 0 heterocycles. The lowest BCUT2D eigenvalue weighted by Gasteiger charge is -2.03. The topological polar surface area (TPSA) is 26.0 Å². The summed E-state index contributed by atoms with van der Waals surface area (Å²) < 4.78 is 11.9. The van der Waals surface area contributed by atoms with Gasteiger partial charge in [0.15, 0.2) is 0 Å². The summed E-state index contributed by atoms with van der Waals surface area (Å²) in [5.41, 5.74) is 5.47. The van der Waals surface area contributed by atoms with Gasteiger partial charge in [-0.05, 0) is 19.4 Å². The zero-order valence-corrected chi connectivity index (χ0v) is 13.7. The van der Waals surface area contributed by atoms with Gasteiger partial charge in [-0.2, -0.15) is 0 Å². The Bertz CT molecular complexity index is 143. The van der Waals surface area contributed by atoms with Crippen molar-refractivity contribution in [2.45, 2.75) is 103 Å². The highest BCUT2D eigenvalue weighted by Crippen LogP contribution is 2.13. The Balaban J connectivity index is 2.89. The van der Waals surface area contributed by atoms with Gasteiger partial charge in [0.25, 0.3) is 0 Å². The van der Waals surface area contributed by atoms with Gasteiger partial charge in [0.2, 0.25) is 0 Å². The molecule has 0 aromatic rings. The van der Waals surface area contributed by atoms with Crippen LogP contribution in [0.5, 0.6) is 0 Å². The van der Waals surface area contributed by atoms with Crippen molar-refractivity contribution in [2.75, 3.05) is 13.2 Å². The lowest BCUT2D eigenvalue weighted by Crippen LogP contribution is -1.97. The highest BCUT2D eigenvalue weighted by molar-refractivity contribution is 4.50. The minimum atomic E-state index is -0.132. The first-order valence-electron chi connectivity index (χ1n) is 9.18. The second kappa shape index (κ2) is 18.9. The summed E-state index contributed by atoms with van der Waals surface area (Å²) in [4.78, 5) is 0. The van der Waals surface area contributed by atoms with Crippen LogP contribution in [0.25, 0.3) is 0 Å². The summed E-state index contributed by atoms with van der Waals surface area (Å²) in [5, 5.41) is 0. The molecule has 0 spiro atoms. The van der Waals surface area contributed by atoms with E-state index in [1.54, 1.807) is 0 Å². The van der Waals surface area contributed by atoms with E-state index in [-0.39, 0.29) is 6.67 Å². The van der Waals surface area contributed by atoms with Gasteiger partial charge in [0.05, 0.1) is 6.67 Å². The predicted octanol–water partition coefficient (Wildman–Crippen LogP) is 6.16.